The Labute approximate surface area is 114 Å². The average molecular weight is 281 g/mol. The SMILES string of the molecule is CC[C@@]1(C)NC(=O)N(/N=C\c2ccc(F)cc2F)C1=O. The summed E-state index contributed by atoms with van der Waals surface area (Å²) >= 11 is 0. The molecule has 3 amide bonds. The lowest BCUT2D eigenvalue weighted by Gasteiger charge is -2.17. The van der Waals surface area contributed by atoms with Crippen LogP contribution in [0.5, 0.6) is 0 Å². The molecule has 1 aliphatic rings. The molecule has 1 saturated heterocycles. The monoisotopic (exact) mass is 281 g/mol. The maximum Gasteiger partial charge on any atom is 0.346 e. The third kappa shape index (κ3) is 2.38. The first-order chi connectivity index (χ1) is 9.37. The maximum atomic E-state index is 13.4. The molecule has 5 nitrogen and oxygen atoms in total. The molecule has 0 unspecified atom stereocenters. The van der Waals surface area contributed by atoms with E-state index in [1.807, 2.05) is 0 Å². The number of imide groups is 1. The largest absolute Gasteiger partial charge is 0.346 e. The summed E-state index contributed by atoms with van der Waals surface area (Å²) in [6.45, 7) is 3.34. The number of carbonyl (C=O) groups is 2. The number of rotatable bonds is 3. The van der Waals surface area contributed by atoms with Crippen molar-refractivity contribution in [2.75, 3.05) is 0 Å². The van der Waals surface area contributed by atoms with Crippen molar-refractivity contribution < 1.29 is 18.4 Å². The molecule has 0 bridgehead atoms. The molecule has 1 aromatic rings. The highest BCUT2D eigenvalue weighted by Crippen LogP contribution is 2.21. The van der Waals surface area contributed by atoms with Crippen LogP contribution in [0.2, 0.25) is 0 Å². The van der Waals surface area contributed by atoms with Crippen molar-refractivity contribution >= 4 is 18.2 Å². The normalized spacial score (nSPS) is 22.7. The molecule has 106 valence electrons. The number of nitrogens with one attached hydrogen (secondary N) is 1. The smallest absolute Gasteiger partial charge is 0.322 e. The molecule has 1 heterocycles. The number of urea groups is 1. The van der Waals surface area contributed by atoms with Crippen LogP contribution in [-0.4, -0.2) is 28.7 Å². The summed E-state index contributed by atoms with van der Waals surface area (Å²) in [5.74, 6) is -2.05. The van der Waals surface area contributed by atoms with E-state index in [0.29, 0.717) is 17.5 Å². The maximum absolute atomic E-state index is 13.4. The summed E-state index contributed by atoms with van der Waals surface area (Å²) in [6, 6.07) is 2.26. The number of hydrogen-bond donors (Lipinski definition) is 1. The zero-order valence-electron chi connectivity index (χ0n) is 11.0. The number of nitrogens with zero attached hydrogens (tertiary/aromatic N) is 2. The van der Waals surface area contributed by atoms with E-state index < -0.39 is 29.1 Å². The number of carbonyl (C=O) groups excluding carboxylic acids is 2. The lowest BCUT2D eigenvalue weighted by molar-refractivity contribution is -0.130. The molecule has 7 heteroatoms. The Morgan fingerprint density at radius 3 is 2.65 bits per heavy atom. The van der Waals surface area contributed by atoms with Crippen LogP contribution < -0.4 is 5.32 Å². The topological polar surface area (TPSA) is 61.8 Å². The highest BCUT2D eigenvalue weighted by atomic mass is 19.1. The van der Waals surface area contributed by atoms with Crippen LogP contribution in [0.1, 0.15) is 25.8 Å². The fourth-order valence-electron chi connectivity index (χ4n) is 1.74. The first-order valence-electron chi connectivity index (χ1n) is 6.03. The number of hydrazone groups is 1. The first-order valence-corrected chi connectivity index (χ1v) is 6.03. The molecule has 2 rings (SSSR count). The van der Waals surface area contributed by atoms with Crippen molar-refractivity contribution in [1.29, 1.82) is 0 Å². The standard InChI is InChI=1S/C13H13F2N3O2/c1-3-13(2)11(19)18(12(20)17-13)16-7-8-4-5-9(14)6-10(8)15/h4-7H,3H2,1-2H3,(H,17,20)/b16-7-/t13-/m1/s1. The fraction of sp³-hybridized carbons (Fsp3) is 0.308. The van der Waals surface area contributed by atoms with Crippen molar-refractivity contribution in [1.82, 2.24) is 10.3 Å². The van der Waals surface area contributed by atoms with E-state index in [1.165, 1.54) is 6.07 Å². The molecule has 1 N–H and O–H groups in total. The van der Waals surface area contributed by atoms with Crippen LogP contribution in [0, 0.1) is 11.6 Å². The third-order valence-corrected chi connectivity index (χ3v) is 3.22. The van der Waals surface area contributed by atoms with Gasteiger partial charge in [-0.3, -0.25) is 4.79 Å². The second kappa shape index (κ2) is 4.99. The number of hydrogen-bond acceptors (Lipinski definition) is 3. The third-order valence-electron chi connectivity index (χ3n) is 3.22. The molecule has 0 radical (unpaired) electrons. The summed E-state index contributed by atoms with van der Waals surface area (Å²) in [6.07, 6.45) is 1.42. The van der Waals surface area contributed by atoms with E-state index in [1.54, 1.807) is 13.8 Å². The number of benzene rings is 1. The van der Waals surface area contributed by atoms with Gasteiger partial charge in [0.25, 0.3) is 5.91 Å². The van der Waals surface area contributed by atoms with Gasteiger partial charge in [0.15, 0.2) is 0 Å². The van der Waals surface area contributed by atoms with Crippen LogP contribution in [0.4, 0.5) is 13.6 Å². The summed E-state index contributed by atoms with van der Waals surface area (Å²) in [4.78, 5) is 23.7. The molecule has 1 fully saturated rings. The van der Waals surface area contributed by atoms with E-state index in [2.05, 4.69) is 10.4 Å². The van der Waals surface area contributed by atoms with Gasteiger partial charge in [0.2, 0.25) is 0 Å². The van der Waals surface area contributed by atoms with Gasteiger partial charge in [0.1, 0.15) is 17.2 Å². The Morgan fingerprint density at radius 1 is 1.40 bits per heavy atom. The predicted molar refractivity (Wildman–Crippen MR) is 68.0 cm³/mol. The van der Waals surface area contributed by atoms with Crippen molar-refractivity contribution in [3.05, 3.63) is 35.4 Å². The van der Waals surface area contributed by atoms with Crippen LogP contribution in [0.15, 0.2) is 23.3 Å². The van der Waals surface area contributed by atoms with Crippen molar-refractivity contribution in [2.24, 2.45) is 5.10 Å². The zero-order chi connectivity index (χ0) is 14.9. The summed E-state index contributed by atoms with van der Waals surface area (Å²) < 4.78 is 26.1. The second-order valence-corrected chi connectivity index (χ2v) is 4.64. The first kappa shape index (κ1) is 14.1. The van der Waals surface area contributed by atoms with Gasteiger partial charge in [-0.05, 0) is 25.5 Å². The van der Waals surface area contributed by atoms with E-state index >= 15 is 0 Å². The number of halogens is 2. The Hall–Kier alpha value is -2.31. The minimum Gasteiger partial charge on any atom is -0.322 e. The van der Waals surface area contributed by atoms with Crippen LogP contribution >= 0.6 is 0 Å². The molecule has 0 spiro atoms. The van der Waals surface area contributed by atoms with Crippen LogP contribution in [0.25, 0.3) is 0 Å². The zero-order valence-corrected chi connectivity index (χ0v) is 11.0. The molecule has 1 aromatic carbocycles. The van der Waals surface area contributed by atoms with Gasteiger partial charge in [0, 0.05) is 11.6 Å². The summed E-state index contributed by atoms with van der Waals surface area (Å²) in [5.41, 5.74) is -1.02. The van der Waals surface area contributed by atoms with Gasteiger partial charge in [-0.2, -0.15) is 5.10 Å². The molecular formula is C13H13F2N3O2. The van der Waals surface area contributed by atoms with E-state index in [0.717, 1.165) is 12.3 Å². The fourth-order valence-corrected chi connectivity index (χ4v) is 1.74. The van der Waals surface area contributed by atoms with Gasteiger partial charge < -0.3 is 5.32 Å². The molecule has 1 atom stereocenters. The lowest BCUT2D eigenvalue weighted by atomic mass is 10.00. The van der Waals surface area contributed by atoms with E-state index in [-0.39, 0.29) is 5.56 Å². The van der Waals surface area contributed by atoms with E-state index in [4.69, 9.17) is 0 Å². The lowest BCUT2D eigenvalue weighted by Crippen LogP contribution is -2.42. The Kier molecular flexibility index (Phi) is 3.52. The quantitative estimate of drug-likeness (QED) is 0.680. The van der Waals surface area contributed by atoms with Crippen molar-refractivity contribution in [3.63, 3.8) is 0 Å². The van der Waals surface area contributed by atoms with Crippen molar-refractivity contribution in [2.45, 2.75) is 25.8 Å². The Balaban J connectivity index is 2.24. The molecule has 20 heavy (non-hydrogen) atoms. The predicted octanol–water partition coefficient (Wildman–Crippen LogP) is 2.02. The highest BCUT2D eigenvalue weighted by molar-refractivity contribution is 6.07. The molecule has 1 aliphatic heterocycles. The average Bonchev–Trinajstić information content (AvgIpc) is 2.61. The Bertz CT molecular complexity index is 603. The van der Waals surface area contributed by atoms with Gasteiger partial charge in [-0.15, -0.1) is 5.01 Å². The molecule has 0 saturated carbocycles. The Morgan fingerprint density at radius 2 is 2.10 bits per heavy atom. The number of amides is 3. The van der Waals surface area contributed by atoms with Crippen molar-refractivity contribution in [3.8, 4) is 0 Å². The van der Waals surface area contributed by atoms with Gasteiger partial charge in [0.05, 0.1) is 6.21 Å². The van der Waals surface area contributed by atoms with Gasteiger partial charge >= 0.3 is 6.03 Å². The molecular weight excluding hydrogens is 268 g/mol. The highest BCUT2D eigenvalue weighted by Gasteiger charge is 2.46. The summed E-state index contributed by atoms with van der Waals surface area (Å²) in [7, 11) is 0. The second-order valence-electron chi connectivity index (χ2n) is 4.64. The summed E-state index contributed by atoms with van der Waals surface area (Å²) in [5, 5.41) is 6.83. The molecule has 0 aromatic heterocycles. The van der Waals surface area contributed by atoms with Crippen LogP contribution in [0.3, 0.4) is 0 Å². The van der Waals surface area contributed by atoms with Crippen LogP contribution in [-0.2, 0) is 4.79 Å². The van der Waals surface area contributed by atoms with Gasteiger partial charge in [-0.25, -0.2) is 13.6 Å². The van der Waals surface area contributed by atoms with E-state index in [9.17, 15) is 18.4 Å². The minimum absolute atomic E-state index is 0.0166. The minimum atomic E-state index is -1.00. The van der Waals surface area contributed by atoms with Gasteiger partial charge in [-0.1, -0.05) is 6.92 Å². The molecule has 0 aliphatic carbocycles.